The van der Waals surface area contributed by atoms with Gasteiger partial charge in [-0.25, -0.2) is 0 Å². The third-order valence-corrected chi connectivity index (χ3v) is 3.38. The van der Waals surface area contributed by atoms with E-state index in [-0.39, 0.29) is 5.69 Å². The second-order valence-electron chi connectivity index (χ2n) is 4.84. The van der Waals surface area contributed by atoms with Crippen molar-refractivity contribution >= 4 is 11.7 Å². The topological polar surface area (TPSA) is 83.7 Å². The summed E-state index contributed by atoms with van der Waals surface area (Å²) in [6.07, 6.45) is 2.04. The number of nitro groups is 1. The molecule has 1 aromatic rings. The third kappa shape index (κ3) is 3.29. The number of carboxylic acid groups (broad SMARTS) is 1. The molecule has 0 heterocycles. The molecule has 1 fully saturated rings. The van der Waals surface area contributed by atoms with Gasteiger partial charge in [0.2, 0.25) is 0 Å². The zero-order valence-electron chi connectivity index (χ0n) is 10.7. The number of carbonyl (C=O) groups is 1. The molecule has 1 aromatic carbocycles. The second kappa shape index (κ2) is 5.36. The number of nitrogens with zero attached hydrogens (tertiary/aromatic N) is 2. The van der Waals surface area contributed by atoms with E-state index < -0.39 is 16.9 Å². The summed E-state index contributed by atoms with van der Waals surface area (Å²) in [7, 11) is 0. The fourth-order valence-corrected chi connectivity index (χ4v) is 2.06. The van der Waals surface area contributed by atoms with Crippen LogP contribution >= 0.6 is 0 Å². The molecule has 0 saturated heterocycles. The largest absolute Gasteiger partial charge is 0.480 e. The van der Waals surface area contributed by atoms with Crippen LogP contribution in [0.2, 0.25) is 0 Å². The first-order valence-electron chi connectivity index (χ1n) is 6.21. The summed E-state index contributed by atoms with van der Waals surface area (Å²) in [5.41, 5.74) is 0.943. The second-order valence-corrected chi connectivity index (χ2v) is 4.84. The number of hydrogen-bond donors (Lipinski definition) is 1. The van der Waals surface area contributed by atoms with E-state index >= 15 is 0 Å². The summed E-state index contributed by atoms with van der Waals surface area (Å²) < 4.78 is 0. The lowest BCUT2D eigenvalue weighted by atomic mass is 10.1. The number of non-ortho nitro benzene ring substituents is 1. The Morgan fingerprint density at radius 2 is 2.05 bits per heavy atom. The van der Waals surface area contributed by atoms with Crippen LogP contribution in [0.3, 0.4) is 0 Å². The van der Waals surface area contributed by atoms with Crippen LogP contribution in [0.1, 0.15) is 25.3 Å². The van der Waals surface area contributed by atoms with Crippen LogP contribution in [0.5, 0.6) is 0 Å². The lowest BCUT2D eigenvalue weighted by molar-refractivity contribution is -0.384. The highest BCUT2D eigenvalue weighted by Crippen LogP contribution is 2.30. The molecule has 1 unspecified atom stereocenters. The van der Waals surface area contributed by atoms with Gasteiger partial charge in [-0.15, -0.1) is 0 Å². The van der Waals surface area contributed by atoms with Crippen molar-refractivity contribution in [3.63, 3.8) is 0 Å². The van der Waals surface area contributed by atoms with Crippen LogP contribution in [0, 0.1) is 10.1 Å². The number of carboxylic acids is 1. The van der Waals surface area contributed by atoms with Crippen LogP contribution in [-0.2, 0) is 11.3 Å². The zero-order valence-corrected chi connectivity index (χ0v) is 10.7. The number of nitro benzene ring substituents is 1. The molecule has 102 valence electrons. The maximum absolute atomic E-state index is 11.1. The molecule has 0 amide bonds. The summed E-state index contributed by atoms with van der Waals surface area (Å²) >= 11 is 0. The summed E-state index contributed by atoms with van der Waals surface area (Å²) in [5, 5.41) is 19.7. The first-order chi connectivity index (χ1) is 8.99. The molecule has 1 aliphatic rings. The molecule has 1 saturated carbocycles. The fourth-order valence-electron chi connectivity index (χ4n) is 2.06. The van der Waals surface area contributed by atoms with E-state index in [2.05, 4.69) is 0 Å². The summed E-state index contributed by atoms with van der Waals surface area (Å²) in [6.45, 7) is 2.18. The monoisotopic (exact) mass is 264 g/mol. The predicted octanol–water partition coefficient (Wildman–Crippen LogP) is 2.03. The van der Waals surface area contributed by atoms with Crippen LogP contribution in [0.25, 0.3) is 0 Å². The van der Waals surface area contributed by atoms with E-state index in [0.29, 0.717) is 12.6 Å². The van der Waals surface area contributed by atoms with Crippen molar-refractivity contribution in [1.29, 1.82) is 0 Å². The van der Waals surface area contributed by atoms with Crippen molar-refractivity contribution in [3.8, 4) is 0 Å². The van der Waals surface area contributed by atoms with Gasteiger partial charge in [0.25, 0.3) is 5.69 Å². The molecule has 1 N–H and O–H groups in total. The fraction of sp³-hybridized carbons (Fsp3) is 0.462. The van der Waals surface area contributed by atoms with E-state index in [1.54, 1.807) is 19.1 Å². The van der Waals surface area contributed by atoms with Gasteiger partial charge in [0.05, 0.1) is 4.92 Å². The summed E-state index contributed by atoms with van der Waals surface area (Å²) in [5.74, 6) is -0.839. The van der Waals surface area contributed by atoms with Crippen LogP contribution in [-0.4, -0.2) is 33.0 Å². The van der Waals surface area contributed by atoms with Crippen LogP contribution < -0.4 is 0 Å². The highest BCUT2D eigenvalue weighted by atomic mass is 16.6. The maximum Gasteiger partial charge on any atom is 0.320 e. The minimum absolute atomic E-state index is 0.0491. The van der Waals surface area contributed by atoms with Gasteiger partial charge in [-0.05, 0) is 25.3 Å². The molecule has 2 rings (SSSR count). The van der Waals surface area contributed by atoms with Gasteiger partial charge < -0.3 is 5.11 Å². The molecule has 0 spiro atoms. The van der Waals surface area contributed by atoms with E-state index in [4.69, 9.17) is 5.11 Å². The van der Waals surface area contributed by atoms with E-state index in [0.717, 1.165) is 18.4 Å². The van der Waals surface area contributed by atoms with Crippen molar-refractivity contribution in [3.05, 3.63) is 39.9 Å². The molecular weight excluding hydrogens is 248 g/mol. The van der Waals surface area contributed by atoms with Crippen molar-refractivity contribution in [2.45, 2.75) is 38.4 Å². The lowest BCUT2D eigenvalue weighted by Crippen LogP contribution is -2.39. The van der Waals surface area contributed by atoms with Gasteiger partial charge >= 0.3 is 5.97 Å². The van der Waals surface area contributed by atoms with Crippen LogP contribution in [0.4, 0.5) is 5.69 Å². The first-order valence-corrected chi connectivity index (χ1v) is 6.21. The maximum atomic E-state index is 11.1. The number of aliphatic carboxylic acids is 1. The molecule has 6 nitrogen and oxygen atoms in total. The van der Waals surface area contributed by atoms with Crippen LogP contribution in [0.15, 0.2) is 24.3 Å². The van der Waals surface area contributed by atoms with Gasteiger partial charge in [0, 0.05) is 24.7 Å². The molecule has 0 bridgehead atoms. The molecule has 6 heteroatoms. The smallest absolute Gasteiger partial charge is 0.320 e. The Hall–Kier alpha value is -1.95. The molecule has 0 aromatic heterocycles. The van der Waals surface area contributed by atoms with Gasteiger partial charge in [-0.2, -0.15) is 0 Å². The van der Waals surface area contributed by atoms with E-state index in [1.165, 1.54) is 12.1 Å². The Labute approximate surface area is 110 Å². The third-order valence-electron chi connectivity index (χ3n) is 3.38. The molecule has 0 aliphatic heterocycles. The first kappa shape index (κ1) is 13.5. The van der Waals surface area contributed by atoms with E-state index in [9.17, 15) is 14.9 Å². The zero-order chi connectivity index (χ0) is 14.0. The van der Waals surface area contributed by atoms with E-state index in [1.807, 2.05) is 4.90 Å². The Morgan fingerprint density at radius 1 is 1.47 bits per heavy atom. The minimum atomic E-state index is -0.839. The molecular formula is C13H16N2O4. The highest BCUT2D eigenvalue weighted by molar-refractivity contribution is 5.73. The Bertz CT molecular complexity index is 482. The van der Waals surface area contributed by atoms with Gasteiger partial charge in [0.1, 0.15) is 6.04 Å². The number of benzene rings is 1. The van der Waals surface area contributed by atoms with Crippen molar-refractivity contribution in [1.82, 2.24) is 4.90 Å². The predicted molar refractivity (Wildman–Crippen MR) is 68.8 cm³/mol. The van der Waals surface area contributed by atoms with Crippen molar-refractivity contribution in [2.75, 3.05) is 0 Å². The number of rotatable bonds is 6. The normalized spacial score (nSPS) is 16.3. The molecule has 1 atom stereocenters. The van der Waals surface area contributed by atoms with Crippen molar-refractivity contribution < 1.29 is 14.8 Å². The Kier molecular flexibility index (Phi) is 3.80. The summed E-state index contributed by atoms with van der Waals surface area (Å²) in [4.78, 5) is 23.1. The number of hydrogen-bond acceptors (Lipinski definition) is 4. The average molecular weight is 264 g/mol. The SMILES string of the molecule is CC(C(=O)O)N(Cc1ccc([N+](=O)[O-])cc1)C1CC1. The van der Waals surface area contributed by atoms with Crippen molar-refractivity contribution in [2.24, 2.45) is 0 Å². The lowest BCUT2D eigenvalue weighted by Gasteiger charge is -2.26. The van der Waals surface area contributed by atoms with Gasteiger partial charge in [0.15, 0.2) is 0 Å². The molecule has 0 radical (unpaired) electrons. The molecule has 1 aliphatic carbocycles. The standard InChI is InChI=1S/C13H16N2O4/c1-9(13(16)17)14(11-6-7-11)8-10-2-4-12(5-3-10)15(18)19/h2-5,9,11H,6-8H2,1H3,(H,16,17). The Morgan fingerprint density at radius 3 is 2.47 bits per heavy atom. The molecule has 19 heavy (non-hydrogen) atoms. The highest BCUT2D eigenvalue weighted by Gasteiger charge is 2.34. The quantitative estimate of drug-likeness (QED) is 0.627. The average Bonchev–Trinajstić information content (AvgIpc) is 3.19. The van der Waals surface area contributed by atoms with Gasteiger partial charge in [-0.3, -0.25) is 19.8 Å². The minimum Gasteiger partial charge on any atom is -0.480 e. The Balaban J connectivity index is 2.08. The van der Waals surface area contributed by atoms with Gasteiger partial charge in [-0.1, -0.05) is 12.1 Å². The summed E-state index contributed by atoms with van der Waals surface area (Å²) in [6, 6.07) is 6.05.